The molecule has 1 atom stereocenters. The van der Waals surface area contributed by atoms with Crippen LogP contribution in [0.5, 0.6) is 0 Å². The Labute approximate surface area is 101 Å². The van der Waals surface area contributed by atoms with E-state index in [2.05, 4.69) is 10.8 Å². The summed E-state index contributed by atoms with van der Waals surface area (Å²) in [4.78, 5) is 16.9. The Hall–Kier alpha value is -1.55. The molecule has 1 amide bonds. The van der Waals surface area contributed by atoms with Crippen LogP contribution < -0.4 is 10.8 Å². The third kappa shape index (κ3) is 2.97. The van der Waals surface area contributed by atoms with Crippen LogP contribution in [-0.2, 0) is 16.1 Å². The van der Waals surface area contributed by atoms with Gasteiger partial charge in [0.25, 0.3) is 5.91 Å². The molecule has 2 N–H and O–H groups in total. The van der Waals surface area contributed by atoms with Gasteiger partial charge in [-0.15, -0.1) is 0 Å². The molecule has 1 aromatic rings. The van der Waals surface area contributed by atoms with Crippen molar-refractivity contribution in [2.75, 3.05) is 11.9 Å². The molecule has 1 aromatic carbocycles. The molecule has 0 saturated heterocycles. The number of carbonyl (C=O) groups is 1. The van der Waals surface area contributed by atoms with Crippen molar-refractivity contribution in [1.29, 1.82) is 0 Å². The number of rotatable bonds is 4. The second-order valence-corrected chi connectivity index (χ2v) is 4.73. The standard InChI is InChI=1S/C13H18N2O2/c1-9(2)8-17-15-13(16)12-7-10-5-3-4-6-11(10)14-12/h3-6,9,12,14H,7-8H2,1-2H3,(H,15,16). The minimum atomic E-state index is -0.223. The fourth-order valence-electron chi connectivity index (χ4n) is 1.81. The molecule has 4 nitrogen and oxygen atoms in total. The number of hydroxylamine groups is 1. The lowest BCUT2D eigenvalue weighted by atomic mass is 10.1. The van der Waals surface area contributed by atoms with Gasteiger partial charge >= 0.3 is 0 Å². The van der Waals surface area contributed by atoms with Gasteiger partial charge in [-0.3, -0.25) is 9.63 Å². The summed E-state index contributed by atoms with van der Waals surface area (Å²) in [5.74, 6) is 0.297. The smallest absolute Gasteiger partial charge is 0.266 e. The third-order valence-electron chi connectivity index (χ3n) is 2.68. The van der Waals surface area contributed by atoms with E-state index in [4.69, 9.17) is 4.84 Å². The van der Waals surface area contributed by atoms with Crippen molar-refractivity contribution >= 4 is 11.6 Å². The van der Waals surface area contributed by atoms with E-state index in [0.717, 1.165) is 5.69 Å². The van der Waals surface area contributed by atoms with Crippen LogP contribution in [0.15, 0.2) is 24.3 Å². The van der Waals surface area contributed by atoms with E-state index >= 15 is 0 Å². The van der Waals surface area contributed by atoms with Gasteiger partial charge in [0.2, 0.25) is 0 Å². The van der Waals surface area contributed by atoms with Gasteiger partial charge in [-0.05, 0) is 17.5 Å². The molecule has 92 valence electrons. The van der Waals surface area contributed by atoms with Crippen LogP contribution in [0.25, 0.3) is 0 Å². The molecule has 0 aromatic heterocycles. The summed E-state index contributed by atoms with van der Waals surface area (Å²) >= 11 is 0. The van der Waals surface area contributed by atoms with Gasteiger partial charge in [-0.1, -0.05) is 32.0 Å². The van der Waals surface area contributed by atoms with E-state index in [1.165, 1.54) is 5.56 Å². The average Bonchev–Trinajstić information content (AvgIpc) is 2.71. The maximum absolute atomic E-state index is 11.8. The Morgan fingerprint density at radius 1 is 1.53 bits per heavy atom. The first-order valence-corrected chi connectivity index (χ1v) is 5.93. The van der Waals surface area contributed by atoms with Crippen molar-refractivity contribution in [3.63, 3.8) is 0 Å². The predicted octanol–water partition coefficient (Wildman–Crippen LogP) is 1.73. The minimum Gasteiger partial charge on any atom is -0.373 e. The molecule has 4 heteroatoms. The molecule has 1 aliphatic rings. The molecule has 1 unspecified atom stereocenters. The van der Waals surface area contributed by atoms with E-state index < -0.39 is 0 Å². The van der Waals surface area contributed by atoms with E-state index in [1.807, 2.05) is 38.1 Å². The Bertz CT molecular complexity index is 379. The molecule has 0 saturated carbocycles. The van der Waals surface area contributed by atoms with Crippen LogP contribution in [-0.4, -0.2) is 18.6 Å². The monoisotopic (exact) mass is 234 g/mol. The van der Waals surface area contributed by atoms with Crippen molar-refractivity contribution in [2.45, 2.75) is 26.3 Å². The molecule has 0 bridgehead atoms. The van der Waals surface area contributed by atoms with Crippen LogP contribution in [0.1, 0.15) is 19.4 Å². The molecule has 17 heavy (non-hydrogen) atoms. The van der Waals surface area contributed by atoms with Gasteiger partial charge in [-0.25, -0.2) is 5.48 Å². The number of para-hydroxylation sites is 1. The summed E-state index contributed by atoms with van der Waals surface area (Å²) in [7, 11) is 0. The Kier molecular flexibility index (Phi) is 3.64. The zero-order valence-electron chi connectivity index (χ0n) is 10.2. The fraction of sp³-hybridized carbons (Fsp3) is 0.462. The molecule has 2 rings (SSSR count). The van der Waals surface area contributed by atoms with Crippen molar-refractivity contribution in [3.8, 4) is 0 Å². The van der Waals surface area contributed by atoms with Gasteiger partial charge < -0.3 is 5.32 Å². The van der Waals surface area contributed by atoms with Gasteiger partial charge in [-0.2, -0.15) is 0 Å². The van der Waals surface area contributed by atoms with Crippen LogP contribution in [0, 0.1) is 5.92 Å². The van der Waals surface area contributed by atoms with Crippen molar-refractivity contribution in [3.05, 3.63) is 29.8 Å². The number of carbonyl (C=O) groups excluding carboxylic acids is 1. The normalized spacial score (nSPS) is 17.7. The fourth-order valence-corrected chi connectivity index (χ4v) is 1.81. The highest BCUT2D eigenvalue weighted by atomic mass is 16.7. The topological polar surface area (TPSA) is 50.4 Å². The summed E-state index contributed by atoms with van der Waals surface area (Å²) < 4.78 is 0. The number of hydrogen-bond acceptors (Lipinski definition) is 3. The summed E-state index contributed by atoms with van der Waals surface area (Å²) in [6.07, 6.45) is 0.715. The first-order chi connectivity index (χ1) is 8.16. The lowest BCUT2D eigenvalue weighted by Crippen LogP contribution is -2.38. The quantitative estimate of drug-likeness (QED) is 0.780. The molecule has 1 aliphatic heterocycles. The minimum absolute atomic E-state index is 0.109. The van der Waals surface area contributed by atoms with E-state index in [1.54, 1.807) is 0 Å². The Morgan fingerprint density at radius 2 is 2.29 bits per heavy atom. The van der Waals surface area contributed by atoms with Gasteiger partial charge in [0.05, 0.1) is 6.61 Å². The largest absolute Gasteiger partial charge is 0.373 e. The Balaban J connectivity index is 1.84. The molecular weight excluding hydrogens is 216 g/mol. The number of nitrogens with one attached hydrogen (secondary N) is 2. The van der Waals surface area contributed by atoms with Crippen LogP contribution in [0.4, 0.5) is 5.69 Å². The average molecular weight is 234 g/mol. The summed E-state index contributed by atoms with van der Waals surface area (Å²) in [6, 6.07) is 7.74. The third-order valence-corrected chi connectivity index (χ3v) is 2.68. The number of anilines is 1. The second kappa shape index (κ2) is 5.19. The lowest BCUT2D eigenvalue weighted by Gasteiger charge is -2.12. The first-order valence-electron chi connectivity index (χ1n) is 5.93. The maximum Gasteiger partial charge on any atom is 0.266 e. The highest BCUT2D eigenvalue weighted by Crippen LogP contribution is 2.24. The molecule has 0 aliphatic carbocycles. The highest BCUT2D eigenvalue weighted by Gasteiger charge is 2.26. The summed E-state index contributed by atoms with van der Waals surface area (Å²) in [5.41, 5.74) is 4.71. The zero-order chi connectivity index (χ0) is 12.3. The lowest BCUT2D eigenvalue weighted by molar-refractivity contribution is -0.135. The van der Waals surface area contributed by atoms with Crippen LogP contribution in [0.2, 0.25) is 0 Å². The maximum atomic E-state index is 11.8. The van der Waals surface area contributed by atoms with Crippen molar-refractivity contribution in [1.82, 2.24) is 5.48 Å². The second-order valence-electron chi connectivity index (χ2n) is 4.73. The number of benzene rings is 1. The SMILES string of the molecule is CC(C)CONC(=O)C1Cc2ccccc2N1. The summed E-state index contributed by atoms with van der Waals surface area (Å²) in [5, 5.41) is 3.18. The first kappa shape index (κ1) is 11.9. The molecule has 1 heterocycles. The highest BCUT2D eigenvalue weighted by molar-refractivity contribution is 5.86. The number of amides is 1. The summed E-state index contributed by atoms with van der Waals surface area (Å²) in [6.45, 7) is 4.61. The zero-order valence-corrected chi connectivity index (χ0v) is 10.2. The van der Waals surface area contributed by atoms with Crippen molar-refractivity contribution < 1.29 is 9.63 Å². The van der Waals surface area contributed by atoms with Crippen LogP contribution in [0.3, 0.4) is 0 Å². The molecule has 0 fully saturated rings. The van der Waals surface area contributed by atoms with E-state index in [-0.39, 0.29) is 11.9 Å². The van der Waals surface area contributed by atoms with Gasteiger partial charge in [0.15, 0.2) is 0 Å². The Morgan fingerprint density at radius 3 is 3.00 bits per heavy atom. The van der Waals surface area contributed by atoms with E-state index in [9.17, 15) is 4.79 Å². The molecule has 0 radical (unpaired) electrons. The van der Waals surface area contributed by atoms with E-state index in [0.29, 0.717) is 18.9 Å². The van der Waals surface area contributed by atoms with Crippen molar-refractivity contribution in [2.24, 2.45) is 5.92 Å². The molecular formula is C13H18N2O2. The van der Waals surface area contributed by atoms with Gasteiger partial charge in [0, 0.05) is 12.1 Å². The molecule has 0 spiro atoms. The number of hydrogen-bond donors (Lipinski definition) is 2. The van der Waals surface area contributed by atoms with Gasteiger partial charge in [0.1, 0.15) is 6.04 Å². The van der Waals surface area contributed by atoms with Crippen LogP contribution >= 0.6 is 0 Å². The predicted molar refractivity (Wildman–Crippen MR) is 66.5 cm³/mol. The number of fused-ring (bicyclic) bond motifs is 1.